The summed E-state index contributed by atoms with van der Waals surface area (Å²) in [5.74, 6) is 0. The molecule has 2 N–H and O–H groups in total. The summed E-state index contributed by atoms with van der Waals surface area (Å²) in [5, 5.41) is 4.08. The summed E-state index contributed by atoms with van der Waals surface area (Å²) in [4.78, 5) is 9.69. The zero-order chi connectivity index (χ0) is 9.26. The minimum atomic E-state index is 0.508. The molecule has 2 aromatic heterocycles. The molecule has 5 heteroatoms. The highest BCUT2D eigenvalue weighted by molar-refractivity contribution is 7.20. The van der Waals surface area contributed by atoms with E-state index in [1.807, 2.05) is 18.5 Å². The van der Waals surface area contributed by atoms with Crippen molar-refractivity contribution in [2.75, 3.05) is 0 Å². The monoisotopic (exact) mass is 211 g/mol. The lowest BCUT2D eigenvalue weighted by molar-refractivity contribution is 1.01. The number of hydrogen-bond donors (Lipinski definition) is 1. The highest BCUT2D eigenvalue weighted by Crippen LogP contribution is 2.28. The molecule has 2 heterocycles. The minimum Gasteiger partial charge on any atom is -0.325 e. The van der Waals surface area contributed by atoms with Crippen molar-refractivity contribution in [1.82, 2.24) is 9.97 Å². The van der Waals surface area contributed by atoms with Crippen molar-refractivity contribution >= 4 is 22.7 Å². The standard InChI is InChI=1S/C8H9N3S2/c1-5-10-3-7(13-5)8-11-6(2-9)4-12-8/h3-4H,2,9H2,1H3. The van der Waals surface area contributed by atoms with Crippen LogP contribution in [0.5, 0.6) is 0 Å². The number of nitrogens with two attached hydrogens (primary N) is 1. The first-order chi connectivity index (χ1) is 6.29. The molecule has 0 aliphatic heterocycles. The molecule has 0 bridgehead atoms. The van der Waals surface area contributed by atoms with E-state index < -0.39 is 0 Å². The Morgan fingerprint density at radius 3 is 2.92 bits per heavy atom. The van der Waals surface area contributed by atoms with Crippen LogP contribution in [0.15, 0.2) is 11.6 Å². The summed E-state index contributed by atoms with van der Waals surface area (Å²) in [6.45, 7) is 2.50. The fourth-order valence-corrected chi connectivity index (χ4v) is 2.64. The van der Waals surface area contributed by atoms with E-state index in [2.05, 4.69) is 9.97 Å². The molecule has 0 saturated carbocycles. The molecule has 13 heavy (non-hydrogen) atoms. The van der Waals surface area contributed by atoms with Crippen molar-refractivity contribution in [2.45, 2.75) is 13.5 Å². The quantitative estimate of drug-likeness (QED) is 0.827. The van der Waals surface area contributed by atoms with Crippen LogP contribution in [0.1, 0.15) is 10.7 Å². The van der Waals surface area contributed by atoms with Crippen LogP contribution in [-0.2, 0) is 6.54 Å². The van der Waals surface area contributed by atoms with Crippen LogP contribution in [0.25, 0.3) is 9.88 Å². The van der Waals surface area contributed by atoms with Gasteiger partial charge in [-0.05, 0) is 6.92 Å². The molecular weight excluding hydrogens is 202 g/mol. The second-order valence-electron chi connectivity index (χ2n) is 2.59. The van der Waals surface area contributed by atoms with Crippen LogP contribution in [0.4, 0.5) is 0 Å². The molecule has 0 amide bonds. The van der Waals surface area contributed by atoms with Gasteiger partial charge in [0, 0.05) is 18.1 Å². The van der Waals surface area contributed by atoms with Gasteiger partial charge in [0.2, 0.25) is 0 Å². The third-order valence-corrected chi connectivity index (χ3v) is 3.57. The lowest BCUT2D eigenvalue weighted by atomic mass is 10.5. The van der Waals surface area contributed by atoms with Crippen molar-refractivity contribution in [3.8, 4) is 9.88 Å². The lowest BCUT2D eigenvalue weighted by Gasteiger charge is -1.86. The van der Waals surface area contributed by atoms with E-state index in [-0.39, 0.29) is 0 Å². The third-order valence-electron chi connectivity index (χ3n) is 1.59. The minimum absolute atomic E-state index is 0.508. The Balaban J connectivity index is 2.35. The van der Waals surface area contributed by atoms with E-state index in [0.717, 1.165) is 20.6 Å². The molecule has 0 aliphatic rings. The van der Waals surface area contributed by atoms with Gasteiger partial charge in [-0.1, -0.05) is 0 Å². The number of hydrogen-bond acceptors (Lipinski definition) is 5. The molecule has 0 atom stereocenters. The molecule has 0 aliphatic carbocycles. The first kappa shape index (κ1) is 8.80. The van der Waals surface area contributed by atoms with Crippen LogP contribution in [0, 0.1) is 6.92 Å². The predicted molar refractivity (Wildman–Crippen MR) is 55.9 cm³/mol. The summed E-state index contributed by atoms with van der Waals surface area (Å²) in [5.41, 5.74) is 6.43. The second kappa shape index (κ2) is 3.53. The van der Waals surface area contributed by atoms with Crippen LogP contribution in [0.3, 0.4) is 0 Å². The molecule has 0 aromatic carbocycles. The van der Waals surface area contributed by atoms with Gasteiger partial charge >= 0.3 is 0 Å². The number of nitrogens with zero attached hydrogens (tertiary/aromatic N) is 2. The van der Waals surface area contributed by atoms with Gasteiger partial charge in [-0.2, -0.15) is 0 Å². The second-order valence-corrected chi connectivity index (χ2v) is 4.68. The molecule has 68 valence electrons. The maximum atomic E-state index is 5.48. The maximum absolute atomic E-state index is 5.48. The number of aryl methyl sites for hydroxylation is 1. The van der Waals surface area contributed by atoms with Gasteiger partial charge in [-0.3, -0.25) is 0 Å². The summed E-state index contributed by atoms with van der Waals surface area (Å²) >= 11 is 3.28. The Bertz CT molecular complexity index is 405. The number of aromatic nitrogens is 2. The molecule has 2 aromatic rings. The van der Waals surface area contributed by atoms with Gasteiger partial charge in [0.05, 0.1) is 15.6 Å². The van der Waals surface area contributed by atoms with Crippen LogP contribution >= 0.6 is 22.7 Å². The van der Waals surface area contributed by atoms with E-state index in [9.17, 15) is 0 Å². The SMILES string of the molecule is Cc1ncc(-c2nc(CN)cs2)s1. The predicted octanol–water partition coefficient (Wildman–Crippen LogP) is 2.03. The first-order valence-electron chi connectivity index (χ1n) is 3.87. The Hall–Kier alpha value is -0.780. The maximum Gasteiger partial charge on any atom is 0.135 e. The summed E-state index contributed by atoms with van der Waals surface area (Å²) in [6.07, 6.45) is 1.86. The zero-order valence-electron chi connectivity index (χ0n) is 7.15. The fraction of sp³-hybridized carbons (Fsp3) is 0.250. The zero-order valence-corrected chi connectivity index (χ0v) is 8.78. The van der Waals surface area contributed by atoms with E-state index in [0.29, 0.717) is 6.54 Å². The Morgan fingerprint density at radius 2 is 2.38 bits per heavy atom. The summed E-state index contributed by atoms with van der Waals surface area (Å²) in [7, 11) is 0. The average molecular weight is 211 g/mol. The first-order valence-corrected chi connectivity index (χ1v) is 5.56. The van der Waals surface area contributed by atoms with Gasteiger partial charge in [0.25, 0.3) is 0 Å². The number of thiazole rings is 2. The third kappa shape index (κ3) is 1.77. The smallest absolute Gasteiger partial charge is 0.135 e. The van der Waals surface area contributed by atoms with Gasteiger partial charge in [-0.15, -0.1) is 22.7 Å². The van der Waals surface area contributed by atoms with Crippen LogP contribution in [-0.4, -0.2) is 9.97 Å². The fourth-order valence-electron chi connectivity index (χ4n) is 0.974. The van der Waals surface area contributed by atoms with Crippen LogP contribution < -0.4 is 5.73 Å². The van der Waals surface area contributed by atoms with E-state index >= 15 is 0 Å². The Kier molecular flexibility index (Phi) is 2.39. The Morgan fingerprint density at radius 1 is 1.54 bits per heavy atom. The molecule has 3 nitrogen and oxygen atoms in total. The van der Waals surface area contributed by atoms with Crippen LogP contribution in [0.2, 0.25) is 0 Å². The summed E-state index contributed by atoms with van der Waals surface area (Å²) in [6, 6.07) is 0. The van der Waals surface area contributed by atoms with Gasteiger partial charge in [0.1, 0.15) is 5.01 Å². The molecule has 0 radical (unpaired) electrons. The number of rotatable bonds is 2. The van der Waals surface area contributed by atoms with E-state index in [1.165, 1.54) is 0 Å². The highest BCUT2D eigenvalue weighted by atomic mass is 32.1. The Labute approximate surface area is 84.3 Å². The van der Waals surface area contributed by atoms with Crippen molar-refractivity contribution in [3.05, 3.63) is 22.3 Å². The largest absolute Gasteiger partial charge is 0.325 e. The molecule has 0 unspecified atom stereocenters. The van der Waals surface area contributed by atoms with E-state index in [1.54, 1.807) is 22.7 Å². The molecular formula is C8H9N3S2. The van der Waals surface area contributed by atoms with Gasteiger partial charge in [0.15, 0.2) is 0 Å². The van der Waals surface area contributed by atoms with Gasteiger partial charge in [-0.25, -0.2) is 9.97 Å². The normalized spacial score (nSPS) is 10.6. The van der Waals surface area contributed by atoms with Crippen molar-refractivity contribution in [3.63, 3.8) is 0 Å². The molecule has 2 rings (SSSR count). The van der Waals surface area contributed by atoms with E-state index in [4.69, 9.17) is 5.73 Å². The lowest BCUT2D eigenvalue weighted by Crippen LogP contribution is -1.95. The summed E-state index contributed by atoms with van der Waals surface area (Å²) < 4.78 is 0. The van der Waals surface area contributed by atoms with Crippen molar-refractivity contribution in [1.29, 1.82) is 0 Å². The highest BCUT2D eigenvalue weighted by Gasteiger charge is 2.06. The molecule has 0 spiro atoms. The average Bonchev–Trinajstić information content (AvgIpc) is 2.71. The van der Waals surface area contributed by atoms with Gasteiger partial charge < -0.3 is 5.73 Å². The topological polar surface area (TPSA) is 51.8 Å². The molecule has 0 saturated heterocycles. The van der Waals surface area contributed by atoms with Crippen molar-refractivity contribution in [2.24, 2.45) is 5.73 Å². The van der Waals surface area contributed by atoms with Crippen molar-refractivity contribution < 1.29 is 0 Å². The molecule has 0 fully saturated rings.